The fourth-order valence-electron chi connectivity index (χ4n) is 4.01. The van der Waals surface area contributed by atoms with E-state index in [1.54, 1.807) is 4.80 Å². The van der Waals surface area contributed by atoms with Crippen molar-refractivity contribution in [2.45, 2.75) is 44.9 Å². The number of aliphatic hydroxyl groups excluding tert-OH is 1. The Labute approximate surface area is 156 Å². The predicted molar refractivity (Wildman–Crippen MR) is 102 cm³/mol. The Hall–Kier alpha value is -2.74. The van der Waals surface area contributed by atoms with E-state index in [1.165, 1.54) is 0 Å². The highest BCUT2D eigenvalue weighted by molar-refractivity contribution is 5.84. The second kappa shape index (κ2) is 6.16. The van der Waals surface area contributed by atoms with E-state index >= 15 is 0 Å². The second-order valence-corrected chi connectivity index (χ2v) is 7.33. The van der Waals surface area contributed by atoms with Crippen molar-refractivity contribution < 1.29 is 9.84 Å². The van der Waals surface area contributed by atoms with Gasteiger partial charge in [0.05, 0.1) is 11.7 Å². The zero-order chi connectivity index (χ0) is 18.5. The van der Waals surface area contributed by atoms with Crippen LogP contribution in [-0.4, -0.2) is 56.2 Å². The number of hydrogen-bond donors (Lipinski definition) is 2. The van der Waals surface area contributed by atoms with E-state index in [0.29, 0.717) is 28.9 Å². The molecule has 8 nitrogen and oxygen atoms in total. The molecule has 0 aromatic carbocycles. The molecule has 27 heavy (non-hydrogen) atoms. The number of fused-ring (bicyclic) bond motifs is 2. The summed E-state index contributed by atoms with van der Waals surface area (Å²) in [5, 5.41) is 23.3. The molecule has 0 radical (unpaired) electrons. The minimum absolute atomic E-state index is 0.154. The van der Waals surface area contributed by atoms with Crippen molar-refractivity contribution in [3.63, 3.8) is 0 Å². The number of nitrogens with zero attached hydrogens (tertiary/aromatic N) is 5. The summed E-state index contributed by atoms with van der Waals surface area (Å²) in [6.45, 7) is 5.68. The summed E-state index contributed by atoms with van der Waals surface area (Å²) in [7, 11) is 0. The average molecular weight is 366 g/mol. The highest BCUT2D eigenvalue weighted by Gasteiger charge is 2.36. The molecule has 1 aliphatic carbocycles. The van der Waals surface area contributed by atoms with Crippen molar-refractivity contribution >= 4 is 22.6 Å². The fraction of sp³-hybridized carbons (Fsp3) is 0.474. The van der Waals surface area contributed by atoms with E-state index in [2.05, 4.69) is 25.5 Å². The van der Waals surface area contributed by atoms with Gasteiger partial charge >= 0.3 is 0 Å². The van der Waals surface area contributed by atoms with Crippen LogP contribution in [0.1, 0.15) is 38.4 Å². The van der Waals surface area contributed by atoms with Crippen LogP contribution in [0.25, 0.3) is 16.7 Å². The third kappa shape index (κ3) is 2.71. The van der Waals surface area contributed by atoms with E-state index in [4.69, 9.17) is 4.74 Å². The summed E-state index contributed by atoms with van der Waals surface area (Å²) in [6, 6.07) is 3.94. The Morgan fingerprint density at radius 1 is 1.19 bits per heavy atom. The van der Waals surface area contributed by atoms with Crippen molar-refractivity contribution in [2.24, 2.45) is 4.99 Å². The maximum atomic E-state index is 10.7. The molecule has 1 saturated heterocycles. The van der Waals surface area contributed by atoms with Crippen molar-refractivity contribution in [1.82, 2.24) is 25.3 Å². The van der Waals surface area contributed by atoms with Crippen LogP contribution in [0.15, 0.2) is 34.5 Å². The SMILES string of the molecule is CC1=NC2C(C)=C(O)C(c3ccc4nn(C5CCNCC5)nc4n3)=CC2O1. The van der Waals surface area contributed by atoms with E-state index in [9.17, 15) is 5.11 Å². The van der Waals surface area contributed by atoms with Crippen molar-refractivity contribution in [1.29, 1.82) is 0 Å². The highest BCUT2D eigenvalue weighted by atomic mass is 16.5. The second-order valence-electron chi connectivity index (χ2n) is 7.33. The van der Waals surface area contributed by atoms with Gasteiger partial charge in [-0.05, 0) is 56.6 Å². The third-order valence-electron chi connectivity index (χ3n) is 5.52. The van der Waals surface area contributed by atoms with E-state index < -0.39 is 0 Å². The molecule has 8 heteroatoms. The molecule has 0 amide bonds. The number of aromatic nitrogens is 4. The lowest BCUT2D eigenvalue weighted by molar-refractivity contribution is 0.244. The van der Waals surface area contributed by atoms with Gasteiger partial charge in [0, 0.05) is 12.5 Å². The van der Waals surface area contributed by atoms with Gasteiger partial charge in [-0.2, -0.15) is 9.90 Å². The summed E-state index contributed by atoms with van der Waals surface area (Å²) >= 11 is 0. The molecule has 0 spiro atoms. The maximum Gasteiger partial charge on any atom is 0.202 e. The molecule has 2 aromatic heterocycles. The normalized spacial score (nSPS) is 26.0. The quantitative estimate of drug-likeness (QED) is 0.845. The molecule has 140 valence electrons. The Bertz CT molecular complexity index is 999. The van der Waals surface area contributed by atoms with Crippen molar-refractivity contribution in [3.05, 3.63) is 35.2 Å². The van der Waals surface area contributed by atoms with E-state index in [0.717, 1.165) is 37.0 Å². The summed E-state index contributed by atoms with van der Waals surface area (Å²) in [5.74, 6) is 0.860. The van der Waals surface area contributed by atoms with Crippen LogP contribution in [-0.2, 0) is 4.74 Å². The topological polar surface area (TPSA) is 97.5 Å². The summed E-state index contributed by atoms with van der Waals surface area (Å²) in [6.07, 6.45) is 3.74. The molecule has 2 aromatic rings. The number of aliphatic hydroxyl groups is 1. The Morgan fingerprint density at radius 3 is 2.81 bits per heavy atom. The first kappa shape index (κ1) is 16.4. The maximum absolute atomic E-state index is 10.7. The third-order valence-corrected chi connectivity index (χ3v) is 5.52. The molecule has 0 bridgehead atoms. The molecule has 2 unspecified atom stereocenters. The Kier molecular flexibility index (Phi) is 3.75. The number of aliphatic imine (C=N–C) groups is 1. The number of allylic oxidation sites excluding steroid dienone is 1. The largest absolute Gasteiger partial charge is 0.507 e. The number of rotatable bonds is 2. The molecule has 5 rings (SSSR count). The number of hydrogen-bond acceptors (Lipinski definition) is 7. The molecule has 4 heterocycles. The number of piperidine rings is 1. The minimum atomic E-state index is -0.196. The standard InChI is InChI=1S/C19H22N6O2/c1-10-17-16(27-11(2)21-17)9-13(18(10)26)14-3-4-15-19(22-14)24-25(23-15)12-5-7-20-8-6-12/h3-4,9,12,16-17,20,26H,5-8H2,1-2H3. The first-order valence-electron chi connectivity index (χ1n) is 9.38. The Morgan fingerprint density at radius 2 is 2.00 bits per heavy atom. The van der Waals surface area contributed by atoms with Gasteiger partial charge in [0.15, 0.2) is 5.90 Å². The number of pyridine rings is 1. The predicted octanol–water partition coefficient (Wildman–Crippen LogP) is 2.17. The highest BCUT2D eigenvalue weighted by Crippen LogP contribution is 2.35. The molecule has 1 fully saturated rings. The first-order valence-corrected chi connectivity index (χ1v) is 9.38. The van der Waals surface area contributed by atoms with Crippen molar-refractivity contribution in [3.8, 4) is 0 Å². The summed E-state index contributed by atoms with van der Waals surface area (Å²) < 4.78 is 5.77. The van der Waals surface area contributed by atoms with Crippen molar-refractivity contribution in [2.75, 3.05) is 13.1 Å². The summed E-state index contributed by atoms with van der Waals surface area (Å²) in [4.78, 5) is 10.9. The van der Waals surface area contributed by atoms with Gasteiger partial charge in [-0.1, -0.05) is 0 Å². The van der Waals surface area contributed by atoms with Crippen LogP contribution >= 0.6 is 0 Å². The van der Waals surface area contributed by atoms with Crippen LogP contribution in [0, 0.1) is 0 Å². The minimum Gasteiger partial charge on any atom is -0.507 e. The van der Waals surface area contributed by atoms with Crippen LogP contribution in [0.4, 0.5) is 0 Å². The first-order chi connectivity index (χ1) is 13.1. The van der Waals surface area contributed by atoms with E-state index in [-0.39, 0.29) is 17.9 Å². The molecule has 2 aliphatic heterocycles. The van der Waals surface area contributed by atoms with Gasteiger partial charge in [0.1, 0.15) is 23.4 Å². The fourth-order valence-corrected chi connectivity index (χ4v) is 4.01. The lowest BCUT2D eigenvalue weighted by atomic mass is 9.90. The van der Waals surface area contributed by atoms with Gasteiger partial charge in [-0.25, -0.2) is 9.98 Å². The Balaban J connectivity index is 1.51. The monoisotopic (exact) mass is 366 g/mol. The molecule has 0 saturated carbocycles. The lowest BCUT2D eigenvalue weighted by Gasteiger charge is -2.23. The van der Waals surface area contributed by atoms with Gasteiger partial charge < -0.3 is 15.2 Å². The van der Waals surface area contributed by atoms with Gasteiger partial charge in [-0.3, -0.25) is 0 Å². The molecule has 2 atom stereocenters. The molecular weight excluding hydrogens is 344 g/mol. The molecular formula is C19H22N6O2. The zero-order valence-electron chi connectivity index (χ0n) is 15.4. The van der Waals surface area contributed by atoms with Gasteiger partial charge in [0.2, 0.25) is 5.65 Å². The van der Waals surface area contributed by atoms with Gasteiger partial charge in [0.25, 0.3) is 0 Å². The van der Waals surface area contributed by atoms with Gasteiger partial charge in [-0.15, -0.1) is 5.10 Å². The number of ether oxygens (including phenoxy) is 1. The summed E-state index contributed by atoms with van der Waals surface area (Å²) in [5.41, 5.74) is 3.50. The lowest BCUT2D eigenvalue weighted by Crippen LogP contribution is -2.30. The smallest absolute Gasteiger partial charge is 0.202 e. The van der Waals surface area contributed by atoms with Crippen LogP contribution in [0.2, 0.25) is 0 Å². The van der Waals surface area contributed by atoms with Crippen LogP contribution < -0.4 is 5.32 Å². The van der Waals surface area contributed by atoms with E-state index in [1.807, 2.05) is 32.1 Å². The number of nitrogens with one attached hydrogen (secondary N) is 1. The molecule has 3 aliphatic rings. The average Bonchev–Trinajstić information content (AvgIpc) is 3.28. The van der Waals surface area contributed by atoms with Crippen LogP contribution in [0.5, 0.6) is 0 Å². The zero-order valence-corrected chi connectivity index (χ0v) is 15.4. The molecule has 2 N–H and O–H groups in total. The van der Waals surface area contributed by atoms with Crippen LogP contribution in [0.3, 0.4) is 0 Å².